The van der Waals surface area contributed by atoms with E-state index in [2.05, 4.69) is 0 Å². The first-order valence-corrected chi connectivity index (χ1v) is 10.6. The molecule has 2 aliphatic rings. The first kappa shape index (κ1) is 21.0. The van der Waals surface area contributed by atoms with E-state index in [1.807, 2.05) is 6.92 Å². The van der Waals surface area contributed by atoms with Gasteiger partial charge in [-0.2, -0.15) is 0 Å². The minimum atomic E-state index is -1.11. The van der Waals surface area contributed by atoms with Crippen molar-refractivity contribution in [3.05, 3.63) is 58.7 Å². The van der Waals surface area contributed by atoms with E-state index in [-0.39, 0.29) is 24.1 Å². The lowest BCUT2D eigenvalue weighted by Gasteiger charge is -2.26. The Kier molecular flexibility index (Phi) is 5.98. The molecule has 1 aliphatic heterocycles. The predicted molar refractivity (Wildman–Crippen MR) is 116 cm³/mol. The van der Waals surface area contributed by atoms with Gasteiger partial charge in [-0.05, 0) is 67.1 Å². The molecule has 0 aromatic heterocycles. The molecule has 0 unspecified atom stereocenters. The number of carboxylic acids is 1. The van der Waals surface area contributed by atoms with Gasteiger partial charge in [-0.3, -0.25) is 4.79 Å². The van der Waals surface area contributed by atoms with Gasteiger partial charge in [0.25, 0.3) is 0 Å². The third kappa shape index (κ3) is 4.15. The van der Waals surface area contributed by atoms with Gasteiger partial charge in [0, 0.05) is 11.1 Å². The highest BCUT2D eigenvalue weighted by atomic mass is 16.7. The number of aliphatic carboxylic acids is 1. The SMILES string of the molecule is COc1ccc(C(=O)C(=C(C(=O)O)c2ccc3c(c2)OCO3)C2CCCCC2)c(C)c1. The highest BCUT2D eigenvalue weighted by Crippen LogP contribution is 2.40. The minimum Gasteiger partial charge on any atom is -0.497 e. The molecule has 31 heavy (non-hydrogen) atoms. The number of hydrogen-bond acceptors (Lipinski definition) is 5. The number of Topliss-reactive ketones (excluding diaryl/α,β-unsaturated/α-hetero) is 1. The zero-order valence-corrected chi connectivity index (χ0v) is 17.8. The van der Waals surface area contributed by atoms with Crippen molar-refractivity contribution in [2.45, 2.75) is 39.0 Å². The molecule has 0 radical (unpaired) electrons. The van der Waals surface area contributed by atoms with Gasteiger partial charge >= 0.3 is 5.97 Å². The standard InChI is InChI=1S/C25H26O6/c1-15-12-18(29-2)9-10-19(15)24(26)22(16-6-4-3-5-7-16)23(25(27)28)17-8-11-20-21(13-17)31-14-30-20/h8-13,16H,3-7,14H2,1-2H3,(H,27,28). The fourth-order valence-corrected chi connectivity index (χ4v) is 4.50. The van der Waals surface area contributed by atoms with Crippen molar-refractivity contribution in [2.75, 3.05) is 13.9 Å². The van der Waals surface area contributed by atoms with Crippen molar-refractivity contribution < 1.29 is 28.9 Å². The van der Waals surface area contributed by atoms with Crippen LogP contribution in [0.1, 0.15) is 53.6 Å². The summed E-state index contributed by atoms with van der Waals surface area (Å²) < 4.78 is 16.1. The lowest BCUT2D eigenvalue weighted by molar-refractivity contribution is -0.130. The summed E-state index contributed by atoms with van der Waals surface area (Å²) in [6, 6.07) is 10.3. The fraction of sp³-hybridized carbons (Fsp3) is 0.360. The van der Waals surface area contributed by atoms with Crippen molar-refractivity contribution in [3.8, 4) is 17.2 Å². The van der Waals surface area contributed by atoms with E-state index in [1.54, 1.807) is 43.5 Å². The normalized spacial score (nSPS) is 16.6. The van der Waals surface area contributed by atoms with Crippen LogP contribution < -0.4 is 14.2 Å². The molecular formula is C25H26O6. The van der Waals surface area contributed by atoms with Gasteiger partial charge in [0.05, 0.1) is 12.7 Å². The quantitative estimate of drug-likeness (QED) is 0.519. The molecule has 1 heterocycles. The Morgan fingerprint density at radius 1 is 1.00 bits per heavy atom. The van der Waals surface area contributed by atoms with Gasteiger partial charge in [0.15, 0.2) is 17.3 Å². The zero-order chi connectivity index (χ0) is 22.0. The highest BCUT2D eigenvalue weighted by Gasteiger charge is 2.32. The van der Waals surface area contributed by atoms with E-state index in [0.29, 0.717) is 33.9 Å². The maximum atomic E-state index is 13.8. The molecule has 4 rings (SSSR count). The van der Waals surface area contributed by atoms with Gasteiger partial charge in [-0.1, -0.05) is 25.3 Å². The van der Waals surface area contributed by atoms with Crippen molar-refractivity contribution in [3.63, 3.8) is 0 Å². The third-order valence-corrected chi connectivity index (χ3v) is 6.08. The molecule has 6 heteroatoms. The van der Waals surface area contributed by atoms with E-state index in [1.165, 1.54) is 0 Å². The first-order valence-electron chi connectivity index (χ1n) is 10.6. The second kappa shape index (κ2) is 8.84. The van der Waals surface area contributed by atoms with Crippen molar-refractivity contribution in [1.29, 1.82) is 0 Å². The second-order valence-corrected chi connectivity index (χ2v) is 8.01. The van der Waals surface area contributed by atoms with Crippen LogP contribution in [0.4, 0.5) is 0 Å². The number of carbonyl (C=O) groups is 2. The van der Waals surface area contributed by atoms with Crippen LogP contribution in [0.3, 0.4) is 0 Å². The van der Waals surface area contributed by atoms with Crippen LogP contribution in [0.5, 0.6) is 17.2 Å². The second-order valence-electron chi connectivity index (χ2n) is 8.01. The van der Waals surface area contributed by atoms with Crippen molar-refractivity contribution in [1.82, 2.24) is 0 Å². The predicted octanol–water partition coefficient (Wildman–Crippen LogP) is 5.03. The monoisotopic (exact) mass is 422 g/mol. The Labute approximate surface area is 181 Å². The Morgan fingerprint density at radius 3 is 2.42 bits per heavy atom. The molecule has 1 aliphatic carbocycles. The van der Waals surface area contributed by atoms with Crippen LogP contribution in [0, 0.1) is 12.8 Å². The van der Waals surface area contributed by atoms with Crippen LogP contribution in [0.15, 0.2) is 42.0 Å². The molecule has 0 amide bonds. The number of benzene rings is 2. The van der Waals surface area contributed by atoms with Crippen molar-refractivity contribution >= 4 is 17.3 Å². The Hall–Kier alpha value is -3.28. The number of allylic oxidation sites excluding steroid dienone is 1. The Bertz CT molecular complexity index is 1050. The van der Waals surface area contributed by atoms with E-state index >= 15 is 0 Å². The van der Waals surface area contributed by atoms with E-state index < -0.39 is 5.97 Å². The maximum Gasteiger partial charge on any atom is 0.336 e. The molecule has 1 saturated carbocycles. The average Bonchev–Trinajstić information content (AvgIpc) is 3.25. The summed E-state index contributed by atoms with van der Waals surface area (Å²) in [6.45, 7) is 1.94. The molecule has 0 spiro atoms. The number of aryl methyl sites for hydroxylation is 1. The molecule has 0 bridgehead atoms. The van der Waals surface area contributed by atoms with Crippen LogP contribution in [0.2, 0.25) is 0 Å². The molecule has 2 aromatic rings. The Balaban J connectivity index is 1.88. The van der Waals surface area contributed by atoms with E-state index in [4.69, 9.17) is 14.2 Å². The summed E-state index contributed by atoms with van der Waals surface area (Å²) in [4.78, 5) is 26.3. The number of hydrogen-bond donors (Lipinski definition) is 1. The van der Waals surface area contributed by atoms with E-state index in [9.17, 15) is 14.7 Å². The number of fused-ring (bicyclic) bond motifs is 1. The summed E-state index contributed by atoms with van der Waals surface area (Å²) >= 11 is 0. The van der Waals surface area contributed by atoms with Gasteiger partial charge in [-0.15, -0.1) is 0 Å². The molecule has 0 atom stereocenters. The van der Waals surface area contributed by atoms with Gasteiger partial charge in [0.2, 0.25) is 6.79 Å². The lowest BCUT2D eigenvalue weighted by Crippen LogP contribution is -2.21. The maximum absolute atomic E-state index is 13.8. The molecule has 1 N–H and O–H groups in total. The van der Waals surface area contributed by atoms with Crippen LogP contribution in [-0.4, -0.2) is 30.8 Å². The number of ketones is 1. The third-order valence-electron chi connectivity index (χ3n) is 6.08. The number of carbonyl (C=O) groups excluding carboxylic acids is 1. The number of ether oxygens (including phenoxy) is 3. The molecule has 1 fully saturated rings. The zero-order valence-electron chi connectivity index (χ0n) is 17.8. The summed E-state index contributed by atoms with van der Waals surface area (Å²) in [7, 11) is 1.58. The van der Waals surface area contributed by atoms with Gasteiger partial charge in [0.1, 0.15) is 5.75 Å². The lowest BCUT2D eigenvalue weighted by atomic mass is 9.77. The molecule has 0 saturated heterocycles. The summed E-state index contributed by atoms with van der Waals surface area (Å²) in [5.74, 6) is 0.282. The average molecular weight is 422 g/mol. The largest absolute Gasteiger partial charge is 0.497 e. The first-order chi connectivity index (χ1) is 15.0. The summed E-state index contributed by atoms with van der Waals surface area (Å²) in [5.41, 5.74) is 2.13. The molecule has 6 nitrogen and oxygen atoms in total. The summed E-state index contributed by atoms with van der Waals surface area (Å²) in [6.07, 6.45) is 4.68. The van der Waals surface area contributed by atoms with E-state index in [0.717, 1.165) is 37.7 Å². The topological polar surface area (TPSA) is 82.1 Å². The van der Waals surface area contributed by atoms with Crippen LogP contribution in [-0.2, 0) is 4.79 Å². The number of methoxy groups -OCH3 is 1. The minimum absolute atomic E-state index is 0.0467. The fourth-order valence-electron chi connectivity index (χ4n) is 4.50. The Morgan fingerprint density at radius 2 is 1.74 bits per heavy atom. The molecular weight excluding hydrogens is 396 g/mol. The summed E-state index contributed by atoms with van der Waals surface area (Å²) in [5, 5.41) is 10.2. The smallest absolute Gasteiger partial charge is 0.336 e. The van der Waals surface area contributed by atoms with Crippen molar-refractivity contribution in [2.24, 2.45) is 5.92 Å². The molecule has 2 aromatic carbocycles. The van der Waals surface area contributed by atoms with Crippen LogP contribution >= 0.6 is 0 Å². The number of rotatable bonds is 6. The number of carboxylic acid groups (broad SMARTS) is 1. The molecule has 162 valence electrons. The van der Waals surface area contributed by atoms with Gasteiger partial charge < -0.3 is 19.3 Å². The van der Waals surface area contributed by atoms with Crippen LogP contribution in [0.25, 0.3) is 5.57 Å². The highest BCUT2D eigenvalue weighted by molar-refractivity contribution is 6.26. The van der Waals surface area contributed by atoms with Gasteiger partial charge in [-0.25, -0.2) is 4.79 Å².